The number of carboxylic acids is 1. The molecule has 1 unspecified atom stereocenters. The van der Waals surface area contributed by atoms with Crippen LogP contribution in [0.5, 0.6) is 0 Å². The van der Waals surface area contributed by atoms with Crippen molar-refractivity contribution in [1.29, 1.82) is 0 Å². The highest BCUT2D eigenvalue weighted by Gasteiger charge is 1.98. The Morgan fingerprint density at radius 1 is 1.47 bits per heavy atom. The number of hydrogen-bond acceptors (Lipinski definition) is 3. The maximum absolute atomic E-state index is 10.9. The molecule has 5 heteroatoms. The molecule has 0 saturated carbocycles. The molecule has 0 spiro atoms. The van der Waals surface area contributed by atoms with Crippen molar-refractivity contribution in [3.63, 3.8) is 0 Å². The van der Waals surface area contributed by atoms with Gasteiger partial charge in [-0.3, -0.25) is 9.59 Å². The Hall–Kier alpha value is -1.36. The van der Waals surface area contributed by atoms with Crippen molar-refractivity contribution in [2.45, 2.75) is 32.3 Å². The molecular weight excluding hydrogens is 198 g/mol. The van der Waals surface area contributed by atoms with Crippen LogP contribution in [0, 0.1) is 0 Å². The van der Waals surface area contributed by atoms with E-state index in [1.165, 1.54) is 6.08 Å². The molecule has 1 atom stereocenters. The lowest BCUT2D eigenvalue weighted by Crippen LogP contribution is -2.27. The average molecular weight is 215 g/mol. The molecule has 0 rings (SSSR count). The fourth-order valence-corrected chi connectivity index (χ4v) is 0.943. The number of amides is 1. The van der Waals surface area contributed by atoms with Crippen molar-refractivity contribution in [3.8, 4) is 0 Å². The number of aliphatic hydroxyl groups is 1. The molecule has 0 aromatic heterocycles. The minimum atomic E-state index is -1.06. The van der Waals surface area contributed by atoms with Crippen LogP contribution in [0.25, 0.3) is 0 Å². The van der Waals surface area contributed by atoms with Crippen LogP contribution in [-0.4, -0.2) is 34.7 Å². The van der Waals surface area contributed by atoms with Crippen molar-refractivity contribution in [2.24, 2.45) is 0 Å². The molecule has 0 aliphatic rings. The van der Waals surface area contributed by atoms with Crippen LogP contribution in [0.15, 0.2) is 12.2 Å². The summed E-state index contributed by atoms with van der Waals surface area (Å²) in [4.78, 5) is 21.0. The van der Waals surface area contributed by atoms with Crippen molar-refractivity contribution in [1.82, 2.24) is 5.32 Å². The van der Waals surface area contributed by atoms with Gasteiger partial charge in [-0.05, 0) is 32.3 Å². The first kappa shape index (κ1) is 13.6. The minimum absolute atomic E-state index is 0.320. The van der Waals surface area contributed by atoms with Crippen molar-refractivity contribution >= 4 is 11.9 Å². The molecule has 0 heterocycles. The molecule has 3 N–H and O–H groups in total. The number of unbranched alkanes of at least 4 members (excludes halogenated alkanes) is 1. The molecule has 5 nitrogen and oxygen atoms in total. The summed E-state index contributed by atoms with van der Waals surface area (Å²) in [6.45, 7) is 1.35. The molecule has 0 saturated heterocycles. The average Bonchev–Trinajstić information content (AvgIpc) is 2.13. The van der Waals surface area contributed by atoms with E-state index in [9.17, 15) is 9.59 Å². The first-order valence-corrected chi connectivity index (χ1v) is 4.86. The lowest BCUT2D eigenvalue weighted by atomic mass is 10.1. The summed E-state index contributed by atoms with van der Waals surface area (Å²) >= 11 is 0. The van der Waals surface area contributed by atoms with Crippen LogP contribution < -0.4 is 5.32 Å². The SMILES string of the molecule is CC(O)CCC/C=C/C(=O)NCC(=O)O. The number of carboxylic acid groups (broad SMARTS) is 1. The Kier molecular flexibility index (Phi) is 7.27. The van der Waals surface area contributed by atoms with Gasteiger partial charge in [-0.25, -0.2) is 0 Å². The van der Waals surface area contributed by atoms with E-state index in [4.69, 9.17) is 10.2 Å². The van der Waals surface area contributed by atoms with Gasteiger partial charge in [0.15, 0.2) is 0 Å². The molecule has 0 radical (unpaired) electrons. The van der Waals surface area contributed by atoms with Crippen LogP contribution in [0.3, 0.4) is 0 Å². The van der Waals surface area contributed by atoms with E-state index in [0.29, 0.717) is 12.8 Å². The Morgan fingerprint density at radius 3 is 2.67 bits per heavy atom. The zero-order chi connectivity index (χ0) is 11.7. The molecule has 86 valence electrons. The maximum atomic E-state index is 10.9. The second-order valence-corrected chi connectivity index (χ2v) is 3.29. The van der Waals surface area contributed by atoms with E-state index in [1.54, 1.807) is 13.0 Å². The highest BCUT2D eigenvalue weighted by atomic mass is 16.4. The van der Waals surface area contributed by atoms with Gasteiger partial charge < -0.3 is 15.5 Å². The third kappa shape index (κ3) is 10.6. The molecular formula is C10H17NO4. The third-order valence-corrected chi connectivity index (χ3v) is 1.68. The fourth-order valence-electron chi connectivity index (χ4n) is 0.943. The summed E-state index contributed by atoms with van der Waals surface area (Å²) in [6, 6.07) is 0. The van der Waals surface area contributed by atoms with Gasteiger partial charge in [0.1, 0.15) is 6.54 Å². The number of hydrogen-bond donors (Lipinski definition) is 3. The molecule has 0 aromatic rings. The number of aliphatic hydroxyl groups excluding tert-OH is 1. The molecule has 0 aliphatic heterocycles. The van der Waals surface area contributed by atoms with Gasteiger partial charge in [0.2, 0.25) is 5.91 Å². The standard InChI is InChI=1S/C10H17NO4/c1-8(12)5-3-2-4-6-9(13)11-7-10(14)15/h4,6,8,12H,2-3,5,7H2,1H3,(H,11,13)(H,14,15)/b6-4+. The highest BCUT2D eigenvalue weighted by molar-refractivity contribution is 5.89. The molecule has 0 aliphatic carbocycles. The zero-order valence-electron chi connectivity index (χ0n) is 8.77. The van der Waals surface area contributed by atoms with E-state index in [-0.39, 0.29) is 12.6 Å². The monoisotopic (exact) mass is 215 g/mol. The second-order valence-electron chi connectivity index (χ2n) is 3.29. The fraction of sp³-hybridized carbons (Fsp3) is 0.600. The number of aliphatic carboxylic acids is 1. The van der Waals surface area contributed by atoms with Gasteiger partial charge in [-0.15, -0.1) is 0 Å². The normalized spacial score (nSPS) is 12.7. The first-order valence-electron chi connectivity index (χ1n) is 4.86. The van der Waals surface area contributed by atoms with E-state index < -0.39 is 11.9 Å². The van der Waals surface area contributed by atoms with Crippen molar-refractivity contribution in [2.75, 3.05) is 6.54 Å². The summed E-state index contributed by atoms with van der Waals surface area (Å²) in [5.74, 6) is -1.47. The molecule has 0 bridgehead atoms. The van der Waals surface area contributed by atoms with Gasteiger partial charge >= 0.3 is 5.97 Å². The van der Waals surface area contributed by atoms with Crippen LogP contribution in [0.2, 0.25) is 0 Å². The van der Waals surface area contributed by atoms with Crippen LogP contribution >= 0.6 is 0 Å². The van der Waals surface area contributed by atoms with Gasteiger partial charge in [-0.2, -0.15) is 0 Å². The summed E-state index contributed by atoms with van der Waals surface area (Å²) in [6.07, 6.45) is 4.86. The van der Waals surface area contributed by atoms with E-state index in [1.807, 2.05) is 0 Å². The maximum Gasteiger partial charge on any atom is 0.322 e. The van der Waals surface area contributed by atoms with Gasteiger partial charge in [0.25, 0.3) is 0 Å². The molecule has 1 amide bonds. The predicted octanol–water partition coefficient (Wildman–Crippen LogP) is 0.294. The molecule has 0 aromatic carbocycles. The second kappa shape index (κ2) is 7.99. The first-order chi connectivity index (χ1) is 7.02. The Bertz CT molecular complexity index is 236. The lowest BCUT2D eigenvalue weighted by molar-refractivity contribution is -0.137. The topological polar surface area (TPSA) is 86.6 Å². The summed E-state index contributed by atoms with van der Waals surface area (Å²) in [7, 11) is 0. The summed E-state index contributed by atoms with van der Waals surface area (Å²) < 4.78 is 0. The predicted molar refractivity (Wildman–Crippen MR) is 55.3 cm³/mol. The molecule has 0 fully saturated rings. The summed E-state index contributed by atoms with van der Waals surface area (Å²) in [5.41, 5.74) is 0. The Morgan fingerprint density at radius 2 is 2.13 bits per heavy atom. The largest absolute Gasteiger partial charge is 0.480 e. The van der Waals surface area contributed by atoms with Gasteiger partial charge in [0, 0.05) is 0 Å². The van der Waals surface area contributed by atoms with Gasteiger partial charge in [-0.1, -0.05) is 6.08 Å². The van der Waals surface area contributed by atoms with Gasteiger partial charge in [0.05, 0.1) is 6.10 Å². The highest BCUT2D eigenvalue weighted by Crippen LogP contribution is 2.00. The molecule has 15 heavy (non-hydrogen) atoms. The zero-order valence-corrected chi connectivity index (χ0v) is 8.77. The Balaban J connectivity index is 3.50. The number of carbonyl (C=O) groups excluding carboxylic acids is 1. The number of rotatable bonds is 7. The smallest absolute Gasteiger partial charge is 0.322 e. The summed E-state index contributed by atoms with van der Waals surface area (Å²) in [5, 5.41) is 19.4. The Labute approximate surface area is 88.8 Å². The van der Waals surface area contributed by atoms with E-state index >= 15 is 0 Å². The number of nitrogens with one attached hydrogen (secondary N) is 1. The van der Waals surface area contributed by atoms with Crippen LogP contribution in [0.1, 0.15) is 26.2 Å². The quantitative estimate of drug-likeness (QED) is 0.421. The number of allylic oxidation sites excluding steroid dienone is 1. The number of carbonyl (C=O) groups is 2. The van der Waals surface area contributed by atoms with E-state index in [2.05, 4.69) is 5.32 Å². The minimum Gasteiger partial charge on any atom is -0.480 e. The van der Waals surface area contributed by atoms with Crippen LogP contribution in [0.4, 0.5) is 0 Å². The van der Waals surface area contributed by atoms with Crippen LogP contribution in [-0.2, 0) is 9.59 Å². The van der Waals surface area contributed by atoms with E-state index in [0.717, 1.165) is 6.42 Å². The third-order valence-electron chi connectivity index (χ3n) is 1.68. The van der Waals surface area contributed by atoms with Crippen molar-refractivity contribution < 1.29 is 19.8 Å². The van der Waals surface area contributed by atoms with Crippen molar-refractivity contribution in [3.05, 3.63) is 12.2 Å². The lowest BCUT2D eigenvalue weighted by Gasteiger charge is -2.00.